The molecule has 0 radical (unpaired) electrons. The van der Waals surface area contributed by atoms with Crippen LogP contribution in [0.15, 0.2) is 15.7 Å². The number of aromatic nitrogens is 1. The van der Waals surface area contributed by atoms with E-state index in [1.165, 1.54) is 6.20 Å². The molecule has 1 aromatic heterocycles. The Balaban J connectivity index is 2.98. The van der Waals surface area contributed by atoms with Crippen molar-refractivity contribution in [2.24, 2.45) is 0 Å². The van der Waals surface area contributed by atoms with Crippen LogP contribution in [0.5, 0.6) is 0 Å². The van der Waals surface area contributed by atoms with Crippen molar-refractivity contribution in [3.8, 4) is 0 Å². The number of hydrogen-bond acceptors (Lipinski definition) is 4. The average Bonchev–Trinajstić information content (AvgIpc) is 2.14. The molecule has 0 aliphatic heterocycles. The number of rotatable bonds is 1. The van der Waals surface area contributed by atoms with E-state index >= 15 is 0 Å². The van der Waals surface area contributed by atoms with E-state index in [1.807, 2.05) is 0 Å². The van der Waals surface area contributed by atoms with E-state index < -0.39 is 11.1 Å². The summed E-state index contributed by atoms with van der Waals surface area (Å²) < 4.78 is 24.8. The first-order valence-corrected chi connectivity index (χ1v) is 3.29. The molecule has 4 nitrogen and oxygen atoms in total. The van der Waals surface area contributed by atoms with Crippen LogP contribution in [0.25, 0.3) is 0 Å². The van der Waals surface area contributed by atoms with Crippen LogP contribution in [-0.2, 0) is 11.1 Å². The molecule has 0 N–H and O–H groups in total. The number of oxazole rings is 1. The largest absolute Gasteiger partial charge is 0.766 e. The zero-order chi connectivity index (χ0) is 6.85. The Hall–Kier alpha value is -0.680. The summed E-state index contributed by atoms with van der Waals surface area (Å²) in [5.41, 5.74) is 0. The summed E-state index contributed by atoms with van der Waals surface area (Å²) in [6, 6.07) is 0. The van der Waals surface area contributed by atoms with Crippen LogP contribution in [0.4, 0.5) is 0 Å². The molecule has 0 saturated carbocycles. The highest BCUT2D eigenvalue weighted by Crippen LogP contribution is 2.04. The molecule has 50 valence electrons. The molecule has 1 aromatic rings. The second kappa shape index (κ2) is 2.28. The second-order valence-corrected chi connectivity index (χ2v) is 2.30. The summed E-state index contributed by atoms with van der Waals surface area (Å²) in [4.78, 5) is 3.58. The molecule has 1 heterocycles. The highest BCUT2D eigenvalue weighted by molar-refractivity contribution is 7.79. The van der Waals surface area contributed by atoms with Crippen molar-refractivity contribution >= 4 is 11.1 Å². The fourth-order valence-electron chi connectivity index (χ4n) is 0.419. The molecule has 0 amide bonds. The Morgan fingerprint density at radius 3 is 2.78 bits per heavy atom. The first-order chi connectivity index (χ1) is 4.20. The van der Waals surface area contributed by atoms with Gasteiger partial charge in [-0.05, 0) is 0 Å². The maximum Gasteiger partial charge on any atom is 0.197 e. The summed E-state index contributed by atoms with van der Waals surface area (Å²) in [6.45, 7) is 1.58. The van der Waals surface area contributed by atoms with Gasteiger partial charge in [0.1, 0.15) is 0 Å². The minimum atomic E-state index is -2.29. The highest BCUT2D eigenvalue weighted by atomic mass is 32.2. The van der Waals surface area contributed by atoms with Gasteiger partial charge in [0, 0.05) is 18.0 Å². The minimum Gasteiger partial charge on any atom is -0.766 e. The lowest BCUT2D eigenvalue weighted by molar-refractivity contribution is 0.412. The van der Waals surface area contributed by atoms with Crippen molar-refractivity contribution in [3.05, 3.63) is 12.1 Å². The van der Waals surface area contributed by atoms with Gasteiger partial charge in [-0.1, -0.05) is 0 Å². The Kier molecular flexibility index (Phi) is 1.63. The van der Waals surface area contributed by atoms with Gasteiger partial charge < -0.3 is 8.97 Å². The lowest BCUT2D eigenvalue weighted by Crippen LogP contribution is -1.82. The van der Waals surface area contributed by atoms with Crippen molar-refractivity contribution < 1.29 is 13.2 Å². The van der Waals surface area contributed by atoms with Crippen LogP contribution in [-0.4, -0.2) is 13.7 Å². The zero-order valence-corrected chi connectivity index (χ0v) is 5.47. The molecule has 0 fully saturated rings. The molecule has 1 atom stereocenters. The summed E-state index contributed by atoms with van der Waals surface area (Å²) in [7, 11) is 0. The van der Waals surface area contributed by atoms with Crippen LogP contribution in [0.3, 0.4) is 0 Å². The Bertz CT molecular complexity index is 231. The fraction of sp³-hybridized carbons (Fsp3) is 0.250. The Morgan fingerprint density at radius 2 is 2.56 bits per heavy atom. The molecule has 1 unspecified atom stereocenters. The Labute approximate surface area is 54.2 Å². The molecule has 0 aliphatic carbocycles. The molecule has 0 saturated heterocycles. The third-order valence-corrected chi connectivity index (χ3v) is 1.28. The SMILES string of the molecule is Cc1ncc(S(=O)[O-])o1. The van der Waals surface area contributed by atoms with Gasteiger partial charge in [0.25, 0.3) is 0 Å². The molecular formula is C4H4NO3S-. The smallest absolute Gasteiger partial charge is 0.197 e. The fourth-order valence-corrected chi connectivity index (χ4v) is 0.746. The molecule has 0 spiro atoms. The quantitative estimate of drug-likeness (QED) is 0.531. The third kappa shape index (κ3) is 1.36. The molecule has 1 rings (SSSR count). The van der Waals surface area contributed by atoms with E-state index in [0.717, 1.165) is 0 Å². The summed E-state index contributed by atoms with van der Waals surface area (Å²) in [6.07, 6.45) is 1.17. The lowest BCUT2D eigenvalue weighted by atomic mass is 10.8. The Morgan fingerprint density at radius 1 is 1.89 bits per heavy atom. The van der Waals surface area contributed by atoms with Crippen LogP contribution in [0.2, 0.25) is 0 Å². The molecule has 9 heavy (non-hydrogen) atoms. The maximum absolute atomic E-state index is 10.1. The van der Waals surface area contributed by atoms with Gasteiger partial charge in [0.2, 0.25) is 0 Å². The molecule has 0 bridgehead atoms. The van der Waals surface area contributed by atoms with Crippen molar-refractivity contribution in [1.82, 2.24) is 4.98 Å². The van der Waals surface area contributed by atoms with E-state index in [0.29, 0.717) is 5.89 Å². The maximum atomic E-state index is 10.1. The van der Waals surface area contributed by atoms with E-state index in [-0.39, 0.29) is 5.09 Å². The van der Waals surface area contributed by atoms with Crippen molar-refractivity contribution in [3.63, 3.8) is 0 Å². The predicted molar refractivity (Wildman–Crippen MR) is 28.4 cm³/mol. The van der Waals surface area contributed by atoms with Gasteiger partial charge >= 0.3 is 0 Å². The highest BCUT2D eigenvalue weighted by Gasteiger charge is 1.96. The van der Waals surface area contributed by atoms with Gasteiger partial charge in [0.15, 0.2) is 11.0 Å². The normalized spacial score (nSPS) is 13.6. The lowest BCUT2D eigenvalue weighted by Gasteiger charge is -1.95. The van der Waals surface area contributed by atoms with Crippen LogP contribution >= 0.6 is 0 Å². The summed E-state index contributed by atoms with van der Waals surface area (Å²) in [5, 5.41) is -0.118. The first-order valence-electron chi connectivity index (χ1n) is 2.22. The monoisotopic (exact) mass is 146 g/mol. The predicted octanol–water partition coefficient (Wildman–Crippen LogP) is 0.221. The molecular weight excluding hydrogens is 142 g/mol. The summed E-state index contributed by atoms with van der Waals surface area (Å²) in [5.74, 6) is 0.356. The molecule has 5 heteroatoms. The minimum absolute atomic E-state index is 0.118. The topological polar surface area (TPSA) is 66.2 Å². The number of hydrogen-bond donors (Lipinski definition) is 0. The van der Waals surface area contributed by atoms with E-state index in [9.17, 15) is 8.76 Å². The van der Waals surface area contributed by atoms with Gasteiger partial charge in [-0.15, -0.1) is 0 Å². The second-order valence-electron chi connectivity index (χ2n) is 1.43. The van der Waals surface area contributed by atoms with Crippen LogP contribution in [0.1, 0.15) is 5.89 Å². The van der Waals surface area contributed by atoms with Crippen molar-refractivity contribution in [1.29, 1.82) is 0 Å². The van der Waals surface area contributed by atoms with Crippen LogP contribution in [0, 0.1) is 6.92 Å². The zero-order valence-electron chi connectivity index (χ0n) is 4.66. The van der Waals surface area contributed by atoms with Gasteiger partial charge in [0.05, 0.1) is 6.20 Å². The molecule has 0 aromatic carbocycles. The van der Waals surface area contributed by atoms with Gasteiger partial charge in [-0.3, -0.25) is 4.21 Å². The number of aryl methyl sites for hydroxylation is 1. The van der Waals surface area contributed by atoms with Gasteiger partial charge in [-0.25, -0.2) is 4.98 Å². The average molecular weight is 146 g/mol. The van der Waals surface area contributed by atoms with E-state index in [4.69, 9.17) is 0 Å². The van der Waals surface area contributed by atoms with Crippen molar-refractivity contribution in [2.75, 3.05) is 0 Å². The number of nitrogens with zero attached hydrogens (tertiary/aromatic N) is 1. The standard InChI is InChI=1S/C4H5NO3S/c1-3-5-2-4(8-3)9(6)7/h2H,1H3,(H,6,7)/p-1. The van der Waals surface area contributed by atoms with Gasteiger partial charge in [-0.2, -0.15) is 0 Å². The van der Waals surface area contributed by atoms with E-state index in [2.05, 4.69) is 9.40 Å². The third-order valence-electron chi connectivity index (χ3n) is 0.764. The molecule has 0 aliphatic rings. The summed E-state index contributed by atoms with van der Waals surface area (Å²) >= 11 is -2.29. The van der Waals surface area contributed by atoms with Crippen molar-refractivity contribution in [2.45, 2.75) is 12.0 Å². The van der Waals surface area contributed by atoms with E-state index in [1.54, 1.807) is 6.92 Å². The van der Waals surface area contributed by atoms with Crippen LogP contribution < -0.4 is 0 Å². The first kappa shape index (κ1) is 6.44.